The first-order valence-corrected chi connectivity index (χ1v) is 38.3. The molecule has 0 aromatic heterocycles. The molecule has 15 aromatic rings. The van der Waals surface area contributed by atoms with E-state index < -0.39 is 0 Å². The van der Waals surface area contributed by atoms with E-state index in [2.05, 4.69) is 307 Å². The Morgan fingerprint density at radius 1 is 0.145 bits per heavy atom. The fourth-order valence-corrected chi connectivity index (χ4v) is 13.0. The van der Waals surface area contributed by atoms with Crippen molar-refractivity contribution in [3.8, 4) is 207 Å². The predicted octanol–water partition coefficient (Wildman–Crippen LogP) is 23.4. The number of rotatable bonds is 9. The molecule has 0 heterocycles. The van der Waals surface area contributed by atoms with Crippen molar-refractivity contribution in [1.82, 2.24) is 0 Å². The van der Waals surface area contributed by atoms with E-state index >= 15 is 0 Å². The van der Waals surface area contributed by atoms with Crippen LogP contribution in [0.4, 0.5) is 0 Å². The summed E-state index contributed by atoms with van der Waals surface area (Å²) in [5, 5.41) is 26.8. The molecule has 0 aliphatic rings. The van der Waals surface area contributed by atoms with Crippen LogP contribution in [0.5, 0.6) is 0 Å². The standard InChI is InChI=1S/C48H30.C33H24O3.C33H24/c1-4-10-37(11-5-1)16-19-40-22-28-43(29-23-40)46-34-47(44-30-24-41(25-31-44)20-17-38-12-6-2-7-13-38)36-48(35-46)45-32-26-42(27-33-45)21-18-39-14-8-3-9-15-39;34-19-1-4-25-7-13-28(14-8-25)31-22-32(29-15-9-26(10-16-29)5-2-20-35)24-33(23-31)30-17-11-27(12-18-30)6-3-21-36;1-4-7-25-10-16-28(17-11-25)31-22-32(29-18-12-26(8-5-2)13-19-29)24-33(23-31)30-20-14-27(9-6-3)15-21-30/h1-15,22-36H;7-18,22-24,34-36H,19-21H2;10-24H,1-3H3. The third kappa shape index (κ3) is 22.7. The lowest BCUT2D eigenvalue weighted by Gasteiger charge is -2.12. The van der Waals surface area contributed by atoms with Crippen molar-refractivity contribution in [1.29, 1.82) is 0 Å². The Balaban J connectivity index is 0.000000156. The maximum absolute atomic E-state index is 8.95. The summed E-state index contributed by atoms with van der Waals surface area (Å²) in [6.45, 7) is 5.08. The van der Waals surface area contributed by atoms with Gasteiger partial charge in [0.15, 0.2) is 0 Å². The molecule has 0 aliphatic heterocycles. The van der Waals surface area contributed by atoms with Gasteiger partial charge < -0.3 is 15.3 Å². The smallest absolute Gasteiger partial charge is 0.104 e. The van der Waals surface area contributed by atoms with Crippen molar-refractivity contribution < 1.29 is 15.3 Å². The van der Waals surface area contributed by atoms with E-state index in [1.165, 1.54) is 33.4 Å². The number of hydrogen-bond acceptors (Lipinski definition) is 3. The largest absolute Gasteiger partial charge is 0.384 e. The van der Waals surface area contributed by atoms with E-state index in [1.807, 2.05) is 185 Å². The molecule has 552 valence electrons. The molecule has 0 fully saturated rings. The summed E-state index contributed by atoms with van der Waals surface area (Å²) in [5.74, 6) is 54.7. The van der Waals surface area contributed by atoms with Gasteiger partial charge in [-0.2, -0.15) is 0 Å². The van der Waals surface area contributed by atoms with Crippen LogP contribution in [-0.4, -0.2) is 35.1 Å². The van der Waals surface area contributed by atoms with Crippen LogP contribution in [-0.2, 0) is 0 Å². The second-order valence-electron chi connectivity index (χ2n) is 26.9. The number of aliphatic hydroxyl groups is 3. The Morgan fingerprint density at radius 2 is 0.274 bits per heavy atom. The lowest BCUT2D eigenvalue weighted by molar-refractivity contribution is 0.350. The number of aliphatic hydroxyl groups excluding tert-OH is 3. The summed E-state index contributed by atoms with van der Waals surface area (Å²) in [6, 6.07) is 125. The first-order valence-electron chi connectivity index (χ1n) is 38.3. The highest BCUT2D eigenvalue weighted by Crippen LogP contribution is 2.38. The van der Waals surface area contributed by atoms with Gasteiger partial charge in [0.05, 0.1) is 0 Å². The molecule has 3 N–H and O–H groups in total. The van der Waals surface area contributed by atoms with Gasteiger partial charge in [0.2, 0.25) is 0 Å². The van der Waals surface area contributed by atoms with Gasteiger partial charge in [-0.25, -0.2) is 0 Å². The minimum absolute atomic E-state index is 0.165. The summed E-state index contributed by atoms with van der Waals surface area (Å²) in [4.78, 5) is 0. The highest BCUT2D eigenvalue weighted by atomic mass is 16.3. The fraction of sp³-hybridized carbons (Fsp3) is 0.0526. The average Bonchev–Trinajstić information content (AvgIpc) is 0.807. The molecular weight excluding hydrogens is 1420 g/mol. The molecule has 0 amide bonds. The molecular formula is C114H78O3. The first-order chi connectivity index (χ1) is 57.6. The van der Waals surface area contributed by atoms with Gasteiger partial charge in [0, 0.05) is 66.8 Å². The third-order valence-corrected chi connectivity index (χ3v) is 18.9. The van der Waals surface area contributed by atoms with E-state index in [0.717, 1.165) is 134 Å². The normalized spacial score (nSPS) is 9.79. The lowest BCUT2D eigenvalue weighted by Crippen LogP contribution is -1.88. The van der Waals surface area contributed by atoms with Crippen LogP contribution in [0.2, 0.25) is 0 Å². The zero-order chi connectivity index (χ0) is 80.6. The highest BCUT2D eigenvalue weighted by molar-refractivity contribution is 5.85. The van der Waals surface area contributed by atoms with Gasteiger partial charge in [0.1, 0.15) is 19.8 Å². The maximum atomic E-state index is 8.95. The number of hydrogen-bond donors (Lipinski definition) is 3. The Hall–Kier alpha value is -15.8. The SMILES string of the molecule is C(#Cc1ccc(-c2cc(-c3ccc(C#Cc4ccccc4)cc3)cc(-c3ccc(C#Cc4ccccc4)cc3)c2)cc1)c1ccccc1.CC#Cc1ccc(-c2cc(-c3ccc(C#CC)cc3)cc(-c3ccc(C#CC)cc3)c2)cc1.OCC#Cc1ccc(-c2cc(-c3ccc(C#CCO)cc3)cc(-c3ccc(C#CCO)cc3)c2)cc1. The van der Waals surface area contributed by atoms with Crippen molar-refractivity contribution in [2.45, 2.75) is 20.8 Å². The summed E-state index contributed by atoms with van der Waals surface area (Å²) in [7, 11) is 0. The predicted molar refractivity (Wildman–Crippen MR) is 485 cm³/mol. The van der Waals surface area contributed by atoms with E-state index in [1.54, 1.807) is 0 Å². The monoisotopic (exact) mass is 1490 g/mol. The molecule has 3 heteroatoms. The lowest BCUT2D eigenvalue weighted by atomic mass is 9.92. The van der Waals surface area contributed by atoms with E-state index in [9.17, 15) is 0 Å². The van der Waals surface area contributed by atoms with Crippen LogP contribution in [0.3, 0.4) is 0 Å². The van der Waals surface area contributed by atoms with Crippen LogP contribution in [0, 0.1) is 107 Å². The van der Waals surface area contributed by atoms with Gasteiger partial charge in [-0.1, -0.05) is 253 Å². The van der Waals surface area contributed by atoms with Gasteiger partial charge in [-0.05, 0) is 321 Å². The molecule has 0 saturated heterocycles. The average molecular weight is 1500 g/mol. The zero-order valence-corrected chi connectivity index (χ0v) is 65.1. The minimum Gasteiger partial charge on any atom is -0.384 e. The van der Waals surface area contributed by atoms with Crippen LogP contribution in [0.15, 0.2) is 364 Å². The molecule has 0 atom stereocenters. The Labute approximate surface area is 688 Å². The molecule has 0 spiro atoms. The molecule has 0 saturated carbocycles. The molecule has 0 radical (unpaired) electrons. The maximum Gasteiger partial charge on any atom is 0.104 e. The Bertz CT molecular complexity index is 5890. The van der Waals surface area contributed by atoms with Crippen molar-refractivity contribution in [2.75, 3.05) is 19.8 Å². The molecule has 0 unspecified atom stereocenters. The van der Waals surface area contributed by atoms with Crippen molar-refractivity contribution in [3.05, 3.63) is 431 Å². The quantitative estimate of drug-likeness (QED) is 0.126. The highest BCUT2D eigenvalue weighted by Gasteiger charge is 2.13. The van der Waals surface area contributed by atoms with Crippen molar-refractivity contribution in [3.63, 3.8) is 0 Å². The molecule has 0 bridgehead atoms. The van der Waals surface area contributed by atoms with Gasteiger partial charge >= 0.3 is 0 Å². The van der Waals surface area contributed by atoms with Crippen LogP contribution in [0.25, 0.3) is 100 Å². The van der Waals surface area contributed by atoms with Crippen LogP contribution in [0.1, 0.15) is 87.5 Å². The zero-order valence-electron chi connectivity index (χ0n) is 65.1. The molecule has 117 heavy (non-hydrogen) atoms. The molecule has 15 rings (SSSR count). The van der Waals surface area contributed by atoms with Crippen molar-refractivity contribution >= 4 is 0 Å². The molecule has 15 aromatic carbocycles. The summed E-state index contributed by atoms with van der Waals surface area (Å²) in [5.41, 5.74) is 31.9. The molecule has 0 aliphatic carbocycles. The minimum atomic E-state index is -0.165. The third-order valence-electron chi connectivity index (χ3n) is 18.9. The van der Waals surface area contributed by atoms with E-state index in [0.29, 0.717) is 0 Å². The van der Waals surface area contributed by atoms with E-state index in [-0.39, 0.29) is 19.8 Å². The van der Waals surface area contributed by atoms with Gasteiger partial charge in [-0.15, -0.1) is 17.8 Å². The fourth-order valence-electron chi connectivity index (χ4n) is 13.0. The Kier molecular flexibility index (Phi) is 27.8. The second kappa shape index (κ2) is 41.0. The first kappa shape index (κ1) is 79.3. The summed E-state index contributed by atoms with van der Waals surface area (Å²) < 4.78 is 0. The number of benzene rings is 15. The molecule has 3 nitrogen and oxygen atoms in total. The van der Waals surface area contributed by atoms with Gasteiger partial charge in [0.25, 0.3) is 0 Å². The topological polar surface area (TPSA) is 60.7 Å². The van der Waals surface area contributed by atoms with Crippen LogP contribution >= 0.6 is 0 Å². The van der Waals surface area contributed by atoms with Crippen LogP contribution < -0.4 is 0 Å². The Morgan fingerprint density at radius 3 is 0.410 bits per heavy atom. The van der Waals surface area contributed by atoms with E-state index in [4.69, 9.17) is 15.3 Å². The second-order valence-corrected chi connectivity index (χ2v) is 26.9. The summed E-state index contributed by atoms with van der Waals surface area (Å²) in [6.07, 6.45) is 0. The van der Waals surface area contributed by atoms with Crippen molar-refractivity contribution in [2.24, 2.45) is 0 Å². The van der Waals surface area contributed by atoms with Gasteiger partial charge in [-0.3, -0.25) is 0 Å². The summed E-state index contributed by atoms with van der Waals surface area (Å²) >= 11 is 0.